The maximum absolute atomic E-state index is 6.67. The molecule has 12 aromatic rings. The van der Waals surface area contributed by atoms with Gasteiger partial charge >= 0.3 is 0 Å². The van der Waals surface area contributed by atoms with Crippen molar-refractivity contribution < 1.29 is 4.42 Å². The van der Waals surface area contributed by atoms with Crippen LogP contribution in [-0.4, -0.2) is 0 Å². The third-order valence-electron chi connectivity index (χ3n) is 11.4. The van der Waals surface area contributed by atoms with E-state index < -0.39 is 0 Å². The summed E-state index contributed by atoms with van der Waals surface area (Å²) in [6.45, 7) is 0. The molecule has 12 rings (SSSR count). The Morgan fingerprint density at radius 3 is 1.63 bits per heavy atom. The van der Waals surface area contributed by atoms with E-state index in [1.807, 2.05) is 11.3 Å². The zero-order valence-corrected chi connectivity index (χ0v) is 30.0. The summed E-state index contributed by atoms with van der Waals surface area (Å²) in [5.41, 5.74) is 9.37. The van der Waals surface area contributed by atoms with Crippen molar-refractivity contribution >= 4 is 96.5 Å². The largest absolute Gasteiger partial charge is 0.455 e. The fraction of sp³-hybridized carbons (Fsp3) is 0. The van der Waals surface area contributed by atoms with Crippen LogP contribution in [0.4, 0.5) is 0 Å². The Hall–Kier alpha value is -6.74. The number of thiophene rings is 1. The fourth-order valence-electron chi connectivity index (χ4n) is 9.01. The third kappa shape index (κ3) is 4.26. The normalized spacial score (nSPS) is 12.1. The van der Waals surface area contributed by atoms with Gasteiger partial charge in [-0.2, -0.15) is 0 Å². The first-order valence-corrected chi connectivity index (χ1v) is 19.3. The molecular formula is C52H30OS. The molecule has 0 spiro atoms. The molecule has 2 heterocycles. The molecule has 1 nitrogen and oxygen atoms in total. The van der Waals surface area contributed by atoms with Crippen molar-refractivity contribution in [1.82, 2.24) is 0 Å². The number of para-hydroxylation sites is 1. The van der Waals surface area contributed by atoms with Crippen molar-refractivity contribution in [3.8, 4) is 33.4 Å². The molecular weight excluding hydrogens is 673 g/mol. The van der Waals surface area contributed by atoms with Gasteiger partial charge in [0.15, 0.2) is 0 Å². The van der Waals surface area contributed by atoms with Gasteiger partial charge in [0.25, 0.3) is 0 Å². The zero-order valence-electron chi connectivity index (χ0n) is 29.1. The van der Waals surface area contributed by atoms with Crippen LogP contribution in [0.15, 0.2) is 186 Å². The van der Waals surface area contributed by atoms with Gasteiger partial charge in [-0.25, -0.2) is 0 Å². The van der Waals surface area contributed by atoms with Crippen LogP contribution in [0.2, 0.25) is 0 Å². The van der Waals surface area contributed by atoms with Crippen LogP contribution in [0.25, 0.3) is 119 Å². The Balaban J connectivity index is 1.10. The maximum atomic E-state index is 6.67. The van der Waals surface area contributed by atoms with E-state index in [1.165, 1.54) is 96.6 Å². The lowest BCUT2D eigenvalue weighted by molar-refractivity contribution is 0.673. The molecule has 10 aromatic carbocycles. The predicted molar refractivity (Wildman–Crippen MR) is 233 cm³/mol. The smallest absolute Gasteiger partial charge is 0.144 e. The summed E-state index contributed by atoms with van der Waals surface area (Å²) in [4.78, 5) is 0. The maximum Gasteiger partial charge on any atom is 0.144 e. The van der Waals surface area contributed by atoms with Crippen LogP contribution in [0.5, 0.6) is 0 Å². The van der Waals surface area contributed by atoms with E-state index in [1.54, 1.807) is 0 Å². The van der Waals surface area contributed by atoms with Gasteiger partial charge in [0, 0.05) is 36.5 Å². The average Bonchev–Trinajstić information content (AvgIpc) is 3.79. The molecule has 0 aliphatic heterocycles. The minimum Gasteiger partial charge on any atom is -0.455 e. The van der Waals surface area contributed by atoms with Crippen LogP contribution >= 0.6 is 11.3 Å². The summed E-state index contributed by atoms with van der Waals surface area (Å²) in [6.07, 6.45) is 0. The third-order valence-corrected chi connectivity index (χ3v) is 12.6. The number of benzene rings is 10. The molecule has 2 aromatic heterocycles. The van der Waals surface area contributed by atoms with E-state index >= 15 is 0 Å². The summed E-state index contributed by atoms with van der Waals surface area (Å²) in [5.74, 6) is 0. The summed E-state index contributed by atoms with van der Waals surface area (Å²) in [5, 5.41) is 14.9. The monoisotopic (exact) mass is 702 g/mol. The molecule has 0 saturated carbocycles. The van der Waals surface area contributed by atoms with Crippen molar-refractivity contribution in [3.63, 3.8) is 0 Å². The lowest BCUT2D eigenvalue weighted by Gasteiger charge is -2.19. The summed E-state index contributed by atoms with van der Waals surface area (Å²) in [7, 11) is 0. The van der Waals surface area contributed by atoms with Crippen LogP contribution in [-0.2, 0) is 0 Å². The number of hydrogen-bond acceptors (Lipinski definition) is 2. The average molecular weight is 703 g/mol. The number of rotatable bonds is 3. The van der Waals surface area contributed by atoms with E-state index in [4.69, 9.17) is 4.42 Å². The van der Waals surface area contributed by atoms with Crippen LogP contribution in [0, 0.1) is 0 Å². The Labute approximate surface area is 314 Å². The molecule has 0 saturated heterocycles. The highest BCUT2D eigenvalue weighted by atomic mass is 32.1. The second-order valence-electron chi connectivity index (χ2n) is 14.3. The molecule has 0 radical (unpaired) electrons. The van der Waals surface area contributed by atoms with E-state index in [-0.39, 0.29) is 0 Å². The minimum absolute atomic E-state index is 0.923. The molecule has 250 valence electrons. The molecule has 0 amide bonds. The van der Waals surface area contributed by atoms with E-state index in [9.17, 15) is 0 Å². The second kappa shape index (κ2) is 11.4. The molecule has 2 heteroatoms. The summed E-state index contributed by atoms with van der Waals surface area (Å²) >= 11 is 1.87. The van der Waals surface area contributed by atoms with Gasteiger partial charge < -0.3 is 4.42 Å². The first kappa shape index (κ1) is 29.8. The first-order chi connectivity index (χ1) is 26.8. The molecule has 0 unspecified atom stereocenters. The van der Waals surface area contributed by atoms with Crippen molar-refractivity contribution in [1.29, 1.82) is 0 Å². The highest BCUT2D eigenvalue weighted by molar-refractivity contribution is 7.26. The van der Waals surface area contributed by atoms with Gasteiger partial charge in [-0.1, -0.05) is 158 Å². The lowest BCUT2D eigenvalue weighted by atomic mass is 9.84. The fourth-order valence-corrected chi connectivity index (χ4v) is 10.3. The topological polar surface area (TPSA) is 13.1 Å². The van der Waals surface area contributed by atoms with Gasteiger partial charge in [0.05, 0.1) is 0 Å². The highest BCUT2D eigenvalue weighted by Crippen LogP contribution is 2.49. The van der Waals surface area contributed by atoms with E-state index in [0.29, 0.717) is 0 Å². The SMILES string of the molecule is c1ccc2cc3c(cc2c1)sc1c(-c2ccc(-c4c5ccccc5c(-c5cccc6ccccc56)c5ccccc45)cc2)cc2c4ccccc4oc2c13. The molecule has 0 aliphatic rings. The van der Waals surface area contributed by atoms with Crippen LogP contribution < -0.4 is 0 Å². The molecule has 0 fully saturated rings. The van der Waals surface area contributed by atoms with Gasteiger partial charge in [-0.05, 0) is 95.2 Å². The lowest BCUT2D eigenvalue weighted by Crippen LogP contribution is -1.91. The minimum atomic E-state index is 0.923. The number of furan rings is 1. The Morgan fingerprint density at radius 1 is 0.352 bits per heavy atom. The molecule has 0 aliphatic carbocycles. The standard InChI is InChI=1S/C52H30OS/c1-2-14-35-29-47-45(28-34(35)13-1)50-51-44(37-17-9-10-23-46(37)53-51)30-43(52(50)54-47)32-24-26-33(27-25-32)48-39-18-5-7-20-41(39)49(42-21-8-6-19-40(42)48)38-22-11-15-31-12-3-4-16-36(31)38/h1-30H. The number of fused-ring (bicyclic) bond motifs is 11. The first-order valence-electron chi connectivity index (χ1n) is 18.5. The zero-order chi connectivity index (χ0) is 35.3. The molecule has 54 heavy (non-hydrogen) atoms. The Kier molecular flexibility index (Phi) is 6.28. The second-order valence-corrected chi connectivity index (χ2v) is 15.4. The van der Waals surface area contributed by atoms with Crippen LogP contribution in [0.3, 0.4) is 0 Å². The Morgan fingerprint density at radius 2 is 0.907 bits per heavy atom. The molecule has 0 N–H and O–H groups in total. The predicted octanol–water partition coefficient (Wildman–Crippen LogP) is 15.6. The van der Waals surface area contributed by atoms with Crippen molar-refractivity contribution in [2.24, 2.45) is 0 Å². The summed E-state index contributed by atoms with van der Waals surface area (Å²) in [6, 6.07) is 66.7. The van der Waals surface area contributed by atoms with Crippen molar-refractivity contribution in [2.75, 3.05) is 0 Å². The molecule has 0 atom stereocenters. The number of hydrogen-bond donors (Lipinski definition) is 0. The van der Waals surface area contributed by atoms with E-state index in [2.05, 4.69) is 182 Å². The van der Waals surface area contributed by atoms with Crippen molar-refractivity contribution in [2.45, 2.75) is 0 Å². The molecule has 0 bridgehead atoms. The quantitative estimate of drug-likeness (QED) is 0.167. The highest BCUT2D eigenvalue weighted by Gasteiger charge is 2.21. The van der Waals surface area contributed by atoms with Gasteiger partial charge in [-0.15, -0.1) is 11.3 Å². The van der Waals surface area contributed by atoms with Gasteiger partial charge in [0.2, 0.25) is 0 Å². The van der Waals surface area contributed by atoms with Gasteiger partial charge in [0.1, 0.15) is 11.2 Å². The summed E-state index contributed by atoms with van der Waals surface area (Å²) < 4.78 is 9.20. The van der Waals surface area contributed by atoms with Crippen molar-refractivity contribution in [3.05, 3.63) is 182 Å². The van der Waals surface area contributed by atoms with E-state index in [0.717, 1.165) is 21.9 Å². The Bertz CT molecular complexity index is 3430. The van der Waals surface area contributed by atoms with Gasteiger partial charge in [-0.3, -0.25) is 0 Å². The van der Waals surface area contributed by atoms with Crippen LogP contribution in [0.1, 0.15) is 0 Å².